The monoisotopic (exact) mass is 195 g/mol. The third-order valence-corrected chi connectivity index (χ3v) is 1.65. The fourth-order valence-electron chi connectivity index (χ4n) is 0.802. The van der Waals surface area contributed by atoms with E-state index in [0.717, 1.165) is 5.56 Å². The SMILES string of the molecule is O=C(CN=Cc1ccccc1)OP. The Morgan fingerprint density at radius 1 is 1.46 bits per heavy atom. The molecule has 0 N–H and O–H groups in total. The molecule has 0 saturated carbocycles. The first-order valence-electron chi connectivity index (χ1n) is 3.77. The van der Waals surface area contributed by atoms with Crippen LogP contribution in [0.1, 0.15) is 5.56 Å². The van der Waals surface area contributed by atoms with E-state index in [1.807, 2.05) is 39.8 Å². The van der Waals surface area contributed by atoms with Gasteiger partial charge in [0, 0.05) is 6.21 Å². The summed E-state index contributed by atoms with van der Waals surface area (Å²) in [6.07, 6.45) is 1.64. The maximum Gasteiger partial charge on any atom is 0.329 e. The summed E-state index contributed by atoms with van der Waals surface area (Å²) in [5.41, 5.74) is 0.971. The van der Waals surface area contributed by atoms with Crippen molar-refractivity contribution in [3.05, 3.63) is 35.9 Å². The Hall–Kier alpha value is -1.21. The molecule has 0 spiro atoms. The van der Waals surface area contributed by atoms with E-state index in [1.165, 1.54) is 0 Å². The lowest BCUT2D eigenvalue weighted by molar-refractivity contribution is -0.131. The van der Waals surface area contributed by atoms with Crippen molar-refractivity contribution < 1.29 is 9.32 Å². The van der Waals surface area contributed by atoms with Crippen LogP contribution in [0, 0.1) is 0 Å². The van der Waals surface area contributed by atoms with Gasteiger partial charge in [0.05, 0.1) is 9.47 Å². The van der Waals surface area contributed by atoms with E-state index in [4.69, 9.17) is 0 Å². The molecule has 0 radical (unpaired) electrons. The molecule has 0 aliphatic heterocycles. The molecular formula is C9H10NO2P. The average Bonchev–Trinajstić information content (AvgIpc) is 2.19. The van der Waals surface area contributed by atoms with Gasteiger partial charge in [-0.15, -0.1) is 0 Å². The Balaban J connectivity index is 2.45. The van der Waals surface area contributed by atoms with Crippen LogP contribution in [0.4, 0.5) is 0 Å². The second-order valence-electron chi connectivity index (χ2n) is 2.37. The number of rotatable bonds is 3. The minimum Gasteiger partial charge on any atom is -0.450 e. The molecule has 4 heteroatoms. The van der Waals surface area contributed by atoms with Crippen molar-refractivity contribution in [3.8, 4) is 0 Å². The zero-order valence-electron chi connectivity index (χ0n) is 7.01. The van der Waals surface area contributed by atoms with Gasteiger partial charge >= 0.3 is 5.97 Å². The number of carbonyl (C=O) groups excluding carboxylic acids is 1. The van der Waals surface area contributed by atoms with E-state index in [2.05, 4.69) is 9.52 Å². The first kappa shape index (κ1) is 9.87. The maximum atomic E-state index is 10.6. The zero-order chi connectivity index (χ0) is 9.52. The van der Waals surface area contributed by atoms with E-state index in [9.17, 15) is 4.79 Å². The maximum absolute atomic E-state index is 10.6. The first-order valence-corrected chi connectivity index (χ1v) is 4.24. The van der Waals surface area contributed by atoms with Crippen molar-refractivity contribution >= 4 is 21.7 Å². The topological polar surface area (TPSA) is 38.7 Å². The number of nitrogens with zero attached hydrogens (tertiary/aromatic N) is 1. The van der Waals surface area contributed by atoms with Crippen LogP contribution in [0.25, 0.3) is 0 Å². The van der Waals surface area contributed by atoms with Gasteiger partial charge in [0.15, 0.2) is 0 Å². The minimum atomic E-state index is -0.364. The van der Waals surface area contributed by atoms with Gasteiger partial charge in [-0.05, 0) is 5.56 Å². The van der Waals surface area contributed by atoms with Crippen LogP contribution in [0.2, 0.25) is 0 Å². The molecule has 0 heterocycles. The molecular weight excluding hydrogens is 185 g/mol. The van der Waals surface area contributed by atoms with Gasteiger partial charge in [-0.2, -0.15) is 0 Å². The summed E-state index contributed by atoms with van der Waals surface area (Å²) in [6, 6.07) is 9.57. The molecule has 1 aromatic rings. The van der Waals surface area contributed by atoms with E-state index in [-0.39, 0.29) is 12.5 Å². The largest absolute Gasteiger partial charge is 0.450 e. The Morgan fingerprint density at radius 3 is 2.77 bits per heavy atom. The average molecular weight is 195 g/mol. The standard InChI is InChI=1S/C9H10NO2P/c11-9(12-13)7-10-6-8-4-2-1-3-5-8/h1-6H,7,13H2. The molecule has 1 atom stereocenters. The fourth-order valence-corrected chi connectivity index (χ4v) is 0.876. The number of hydrogen-bond acceptors (Lipinski definition) is 3. The minimum absolute atomic E-state index is 0.0540. The highest BCUT2D eigenvalue weighted by Gasteiger charge is 1.94. The molecule has 0 bridgehead atoms. The van der Waals surface area contributed by atoms with Crippen molar-refractivity contribution in [3.63, 3.8) is 0 Å². The lowest BCUT2D eigenvalue weighted by Gasteiger charge is -1.92. The van der Waals surface area contributed by atoms with Crippen LogP contribution in [0.3, 0.4) is 0 Å². The van der Waals surface area contributed by atoms with Gasteiger partial charge in [-0.3, -0.25) is 4.99 Å². The molecule has 0 aliphatic rings. The van der Waals surface area contributed by atoms with Gasteiger partial charge in [-0.1, -0.05) is 30.3 Å². The summed E-state index contributed by atoms with van der Waals surface area (Å²) in [4.78, 5) is 14.5. The molecule has 3 nitrogen and oxygen atoms in total. The number of carbonyl (C=O) groups is 1. The van der Waals surface area contributed by atoms with Gasteiger partial charge in [0.25, 0.3) is 0 Å². The van der Waals surface area contributed by atoms with Gasteiger partial charge in [0.1, 0.15) is 6.54 Å². The number of aliphatic imine (C=N–C) groups is 1. The van der Waals surface area contributed by atoms with Crippen LogP contribution in [0.15, 0.2) is 35.3 Å². The highest BCUT2D eigenvalue weighted by molar-refractivity contribution is 7.10. The molecule has 1 aromatic carbocycles. The molecule has 1 rings (SSSR count). The van der Waals surface area contributed by atoms with Crippen molar-refractivity contribution in [1.82, 2.24) is 0 Å². The molecule has 68 valence electrons. The molecule has 0 fully saturated rings. The number of benzene rings is 1. The molecule has 0 amide bonds. The molecule has 0 aromatic heterocycles. The molecule has 0 saturated heterocycles. The molecule has 1 unspecified atom stereocenters. The Labute approximate surface area is 79.1 Å². The van der Waals surface area contributed by atoms with Crippen LogP contribution >= 0.6 is 9.47 Å². The summed E-state index contributed by atoms with van der Waals surface area (Å²) < 4.78 is 4.35. The summed E-state index contributed by atoms with van der Waals surface area (Å²) in [6.45, 7) is 0.0540. The Kier molecular flexibility index (Phi) is 4.13. The molecule has 0 aliphatic carbocycles. The predicted octanol–water partition coefficient (Wildman–Crippen LogP) is 1.44. The van der Waals surface area contributed by atoms with E-state index in [1.54, 1.807) is 6.21 Å². The normalized spacial score (nSPS) is 10.2. The van der Waals surface area contributed by atoms with Crippen LogP contribution < -0.4 is 0 Å². The highest BCUT2D eigenvalue weighted by atomic mass is 31.0. The van der Waals surface area contributed by atoms with Crippen LogP contribution in [-0.2, 0) is 9.32 Å². The van der Waals surface area contributed by atoms with Crippen LogP contribution in [-0.4, -0.2) is 18.7 Å². The van der Waals surface area contributed by atoms with E-state index < -0.39 is 0 Å². The van der Waals surface area contributed by atoms with Gasteiger partial charge in [-0.25, -0.2) is 4.79 Å². The van der Waals surface area contributed by atoms with E-state index in [0.29, 0.717) is 0 Å². The number of hydrogen-bond donors (Lipinski definition) is 0. The Bertz CT molecular complexity index is 298. The van der Waals surface area contributed by atoms with E-state index >= 15 is 0 Å². The summed E-state index contributed by atoms with van der Waals surface area (Å²) in [7, 11) is 1.89. The van der Waals surface area contributed by atoms with Crippen molar-refractivity contribution in [2.75, 3.05) is 6.54 Å². The second kappa shape index (κ2) is 5.44. The zero-order valence-corrected chi connectivity index (χ0v) is 8.17. The fraction of sp³-hybridized carbons (Fsp3) is 0.111. The summed E-state index contributed by atoms with van der Waals surface area (Å²) in [5.74, 6) is -0.364. The first-order chi connectivity index (χ1) is 6.33. The summed E-state index contributed by atoms with van der Waals surface area (Å²) >= 11 is 0. The lowest BCUT2D eigenvalue weighted by Crippen LogP contribution is -2.00. The quantitative estimate of drug-likeness (QED) is 0.540. The second-order valence-corrected chi connectivity index (χ2v) is 2.61. The highest BCUT2D eigenvalue weighted by Crippen LogP contribution is 1.94. The summed E-state index contributed by atoms with van der Waals surface area (Å²) in [5, 5.41) is 0. The molecule has 13 heavy (non-hydrogen) atoms. The van der Waals surface area contributed by atoms with Crippen molar-refractivity contribution in [2.45, 2.75) is 0 Å². The lowest BCUT2D eigenvalue weighted by atomic mass is 10.2. The van der Waals surface area contributed by atoms with Gasteiger partial charge < -0.3 is 4.52 Å². The van der Waals surface area contributed by atoms with Gasteiger partial charge in [0.2, 0.25) is 0 Å². The van der Waals surface area contributed by atoms with Crippen LogP contribution in [0.5, 0.6) is 0 Å². The smallest absolute Gasteiger partial charge is 0.329 e. The Morgan fingerprint density at radius 2 is 2.15 bits per heavy atom. The van der Waals surface area contributed by atoms with Crippen molar-refractivity contribution in [1.29, 1.82) is 0 Å². The van der Waals surface area contributed by atoms with Crippen molar-refractivity contribution in [2.24, 2.45) is 4.99 Å². The third kappa shape index (κ3) is 3.81. The predicted molar refractivity (Wildman–Crippen MR) is 54.7 cm³/mol. The third-order valence-electron chi connectivity index (χ3n) is 1.39.